The van der Waals surface area contributed by atoms with Crippen molar-refractivity contribution in [1.82, 2.24) is 0 Å². The van der Waals surface area contributed by atoms with Crippen molar-refractivity contribution in [2.45, 2.75) is 23.3 Å². The number of rotatable bonds is 3. The number of hydrogen-bond acceptors (Lipinski definition) is 2. The number of carbonyl (C=O) groups excluding carboxylic acids is 1. The fourth-order valence-electron chi connectivity index (χ4n) is 1.52. The zero-order valence-corrected chi connectivity index (χ0v) is 9.46. The van der Waals surface area contributed by atoms with Crippen molar-refractivity contribution in [3.63, 3.8) is 0 Å². The van der Waals surface area contributed by atoms with E-state index < -0.39 is 4.33 Å². The molecule has 0 aromatic heterocycles. The number of esters is 1. The second-order valence-electron chi connectivity index (χ2n) is 3.61. The number of ether oxygens (including phenoxy) is 1. The first kappa shape index (κ1) is 10.8. The van der Waals surface area contributed by atoms with Crippen molar-refractivity contribution < 1.29 is 9.53 Å². The summed E-state index contributed by atoms with van der Waals surface area (Å²) in [5, 5.41) is 0. The molecule has 1 aliphatic rings. The number of cyclic esters (lactones) is 1. The minimum atomic E-state index is -1.02. The highest BCUT2D eigenvalue weighted by Crippen LogP contribution is 2.37. The van der Waals surface area contributed by atoms with Gasteiger partial charge in [-0.05, 0) is 5.56 Å². The Balaban J connectivity index is 2.01. The molecule has 1 aliphatic heterocycles. The number of alkyl halides is 2. The molecule has 1 heterocycles. The highest BCUT2D eigenvalue weighted by molar-refractivity contribution is 6.49. The lowest BCUT2D eigenvalue weighted by atomic mass is 10.0. The Morgan fingerprint density at radius 2 is 1.93 bits per heavy atom. The molecule has 0 aliphatic carbocycles. The van der Waals surface area contributed by atoms with Gasteiger partial charge in [0.15, 0.2) is 4.33 Å². The Morgan fingerprint density at radius 3 is 2.47 bits per heavy atom. The average molecular weight is 245 g/mol. The standard InChI is InChI=1S/C11H10Cl2O2/c12-11(13,9-6-10(14)15-9)7-8-4-2-1-3-5-8/h1-5,9H,6-7H2/t9-/m1/s1. The summed E-state index contributed by atoms with van der Waals surface area (Å²) in [6.45, 7) is 0. The third kappa shape index (κ3) is 2.44. The molecule has 1 fully saturated rings. The molecule has 1 aromatic rings. The largest absolute Gasteiger partial charge is 0.458 e. The van der Waals surface area contributed by atoms with Gasteiger partial charge in [-0.25, -0.2) is 0 Å². The van der Waals surface area contributed by atoms with Gasteiger partial charge in [0.25, 0.3) is 0 Å². The zero-order chi connectivity index (χ0) is 10.9. The lowest BCUT2D eigenvalue weighted by molar-refractivity contribution is -0.170. The maximum absolute atomic E-state index is 10.7. The molecule has 80 valence electrons. The van der Waals surface area contributed by atoms with Crippen molar-refractivity contribution in [3.05, 3.63) is 35.9 Å². The molecule has 0 saturated carbocycles. The van der Waals surface area contributed by atoms with Crippen LogP contribution in [0.15, 0.2) is 30.3 Å². The van der Waals surface area contributed by atoms with Gasteiger partial charge in [-0.15, -0.1) is 0 Å². The Labute approximate surface area is 98.1 Å². The first-order valence-electron chi connectivity index (χ1n) is 4.69. The smallest absolute Gasteiger partial charge is 0.310 e. The van der Waals surface area contributed by atoms with E-state index in [2.05, 4.69) is 0 Å². The molecule has 0 spiro atoms. The van der Waals surface area contributed by atoms with Crippen LogP contribution in [0.4, 0.5) is 0 Å². The molecule has 1 atom stereocenters. The molecule has 15 heavy (non-hydrogen) atoms. The quantitative estimate of drug-likeness (QED) is 0.604. The van der Waals surface area contributed by atoms with E-state index in [0.717, 1.165) is 5.56 Å². The number of hydrogen-bond donors (Lipinski definition) is 0. The minimum Gasteiger partial charge on any atom is -0.458 e. The van der Waals surface area contributed by atoms with E-state index in [1.807, 2.05) is 30.3 Å². The van der Waals surface area contributed by atoms with E-state index in [9.17, 15) is 4.79 Å². The van der Waals surface area contributed by atoms with Crippen molar-refractivity contribution in [1.29, 1.82) is 0 Å². The normalized spacial score (nSPS) is 20.7. The average Bonchev–Trinajstić information content (AvgIpc) is 2.14. The van der Waals surface area contributed by atoms with Crippen LogP contribution in [0.5, 0.6) is 0 Å². The van der Waals surface area contributed by atoms with E-state index in [1.165, 1.54) is 0 Å². The summed E-state index contributed by atoms with van der Waals surface area (Å²) in [4.78, 5) is 10.7. The summed E-state index contributed by atoms with van der Waals surface area (Å²) in [5.41, 5.74) is 1.03. The Morgan fingerprint density at radius 1 is 1.33 bits per heavy atom. The third-order valence-electron chi connectivity index (χ3n) is 2.38. The van der Waals surface area contributed by atoms with Crippen LogP contribution in [0.1, 0.15) is 12.0 Å². The highest BCUT2D eigenvalue weighted by atomic mass is 35.5. The Kier molecular flexibility index (Phi) is 2.89. The van der Waals surface area contributed by atoms with Crippen molar-refractivity contribution in [2.24, 2.45) is 0 Å². The fraction of sp³-hybridized carbons (Fsp3) is 0.364. The third-order valence-corrected chi connectivity index (χ3v) is 3.13. The lowest BCUT2D eigenvalue weighted by Crippen LogP contribution is -2.46. The maximum atomic E-state index is 10.7. The summed E-state index contributed by atoms with van der Waals surface area (Å²) in [6.07, 6.45) is 0.405. The van der Waals surface area contributed by atoms with E-state index >= 15 is 0 Å². The van der Waals surface area contributed by atoms with Gasteiger partial charge in [0.1, 0.15) is 6.10 Å². The van der Waals surface area contributed by atoms with Crippen molar-refractivity contribution >= 4 is 29.2 Å². The van der Waals surface area contributed by atoms with Crippen LogP contribution >= 0.6 is 23.2 Å². The van der Waals surface area contributed by atoms with Crippen LogP contribution in [0.25, 0.3) is 0 Å². The van der Waals surface area contributed by atoms with Crippen LogP contribution in [0.2, 0.25) is 0 Å². The van der Waals surface area contributed by atoms with Gasteiger partial charge in [-0.2, -0.15) is 0 Å². The predicted molar refractivity (Wildman–Crippen MR) is 59.1 cm³/mol. The summed E-state index contributed by atoms with van der Waals surface area (Å²) in [6, 6.07) is 9.66. The van der Waals surface area contributed by atoms with Crippen molar-refractivity contribution in [2.75, 3.05) is 0 Å². The molecule has 1 aromatic carbocycles. The number of carbonyl (C=O) groups is 1. The monoisotopic (exact) mass is 244 g/mol. The maximum Gasteiger partial charge on any atom is 0.310 e. The SMILES string of the molecule is O=C1C[C@H](C(Cl)(Cl)Cc2ccccc2)O1. The molecule has 2 rings (SSSR count). The first-order valence-corrected chi connectivity index (χ1v) is 5.45. The Bertz CT molecular complexity index is 354. The molecule has 0 amide bonds. The molecule has 1 saturated heterocycles. The van der Waals surface area contributed by atoms with Gasteiger partial charge in [-0.1, -0.05) is 53.5 Å². The van der Waals surface area contributed by atoms with Crippen LogP contribution in [0, 0.1) is 0 Å². The summed E-state index contributed by atoms with van der Waals surface area (Å²) < 4.78 is 3.85. The molecule has 0 unspecified atom stereocenters. The topological polar surface area (TPSA) is 26.3 Å². The summed E-state index contributed by atoms with van der Waals surface area (Å²) >= 11 is 12.3. The van der Waals surface area contributed by atoms with Gasteiger partial charge < -0.3 is 4.74 Å². The van der Waals surface area contributed by atoms with Gasteiger partial charge in [0.2, 0.25) is 0 Å². The first-order chi connectivity index (χ1) is 7.08. The molecule has 4 heteroatoms. The van der Waals surface area contributed by atoms with Gasteiger partial charge in [0.05, 0.1) is 6.42 Å². The van der Waals surface area contributed by atoms with E-state index in [0.29, 0.717) is 12.8 Å². The van der Waals surface area contributed by atoms with Gasteiger partial charge in [0, 0.05) is 6.42 Å². The van der Waals surface area contributed by atoms with E-state index in [4.69, 9.17) is 27.9 Å². The van der Waals surface area contributed by atoms with Crippen LogP contribution < -0.4 is 0 Å². The second kappa shape index (κ2) is 4.03. The van der Waals surface area contributed by atoms with Crippen molar-refractivity contribution in [3.8, 4) is 0 Å². The van der Waals surface area contributed by atoms with Gasteiger partial charge >= 0.3 is 5.97 Å². The van der Waals surface area contributed by atoms with E-state index in [1.54, 1.807) is 0 Å². The molecule has 0 N–H and O–H groups in total. The molecular weight excluding hydrogens is 235 g/mol. The number of benzene rings is 1. The molecule has 0 radical (unpaired) electrons. The minimum absolute atomic E-state index is 0.237. The molecule has 0 bridgehead atoms. The van der Waals surface area contributed by atoms with Crippen LogP contribution in [-0.4, -0.2) is 16.4 Å². The van der Waals surface area contributed by atoms with Gasteiger partial charge in [-0.3, -0.25) is 4.79 Å². The molecular formula is C11H10Cl2O2. The van der Waals surface area contributed by atoms with E-state index in [-0.39, 0.29) is 12.1 Å². The second-order valence-corrected chi connectivity index (χ2v) is 5.15. The highest BCUT2D eigenvalue weighted by Gasteiger charge is 2.45. The lowest BCUT2D eigenvalue weighted by Gasteiger charge is -2.35. The molecule has 2 nitrogen and oxygen atoms in total. The zero-order valence-electron chi connectivity index (χ0n) is 7.95. The van der Waals surface area contributed by atoms with Crippen LogP contribution in [0.3, 0.4) is 0 Å². The predicted octanol–water partition coefficient (Wildman–Crippen LogP) is 2.72. The summed E-state index contributed by atoms with van der Waals surface area (Å²) in [7, 11) is 0. The fourth-order valence-corrected chi connectivity index (χ4v) is 2.07. The summed E-state index contributed by atoms with van der Waals surface area (Å²) in [5.74, 6) is -0.237. The number of halogens is 2. The Hall–Kier alpha value is -0.730. The van der Waals surface area contributed by atoms with Crippen LogP contribution in [-0.2, 0) is 16.0 Å².